The van der Waals surface area contributed by atoms with Gasteiger partial charge in [0.05, 0.1) is 12.7 Å². The molecule has 1 aromatic rings. The summed E-state index contributed by atoms with van der Waals surface area (Å²) in [6.45, 7) is 7.25. The first-order valence-corrected chi connectivity index (χ1v) is 7.95. The number of amides is 1. The minimum absolute atomic E-state index is 0.201. The molecular weight excluding hydrogens is 292 g/mol. The number of carbonyl (C=O) groups is 2. The van der Waals surface area contributed by atoms with E-state index in [0.29, 0.717) is 19.8 Å². The molecule has 0 saturated carbocycles. The van der Waals surface area contributed by atoms with Crippen molar-refractivity contribution in [3.63, 3.8) is 0 Å². The van der Waals surface area contributed by atoms with Gasteiger partial charge in [-0.3, -0.25) is 4.79 Å². The Balaban J connectivity index is 2.28. The topological polar surface area (TPSA) is 77.5 Å². The zero-order chi connectivity index (χ0) is 15.7. The summed E-state index contributed by atoms with van der Waals surface area (Å²) in [7, 11) is 0. The van der Waals surface area contributed by atoms with Crippen molar-refractivity contribution in [2.24, 2.45) is 0 Å². The average molecular weight is 314 g/mol. The van der Waals surface area contributed by atoms with Crippen molar-refractivity contribution in [2.45, 2.75) is 39.7 Å². The highest BCUT2D eigenvalue weighted by Crippen LogP contribution is 2.11. The minimum Gasteiger partial charge on any atom is -0.461 e. The van der Waals surface area contributed by atoms with E-state index in [1.165, 1.54) is 0 Å². The van der Waals surface area contributed by atoms with Gasteiger partial charge in [-0.2, -0.15) is 0 Å². The molecule has 118 valence electrons. The van der Waals surface area contributed by atoms with Crippen LogP contribution in [0.2, 0.25) is 0 Å². The van der Waals surface area contributed by atoms with Gasteiger partial charge in [0.25, 0.3) is 5.91 Å². The van der Waals surface area contributed by atoms with Crippen molar-refractivity contribution in [1.29, 1.82) is 0 Å². The molecule has 0 bridgehead atoms. The van der Waals surface area contributed by atoms with Gasteiger partial charge in [-0.1, -0.05) is 0 Å². The molecule has 6 nitrogen and oxygen atoms in total. The third-order valence-corrected chi connectivity index (χ3v) is 3.32. The highest BCUT2D eigenvalue weighted by atomic mass is 32.1. The third kappa shape index (κ3) is 6.68. The molecule has 0 radical (unpaired) electrons. The number of hydrogen-bond donors (Lipinski definition) is 1. The van der Waals surface area contributed by atoms with Crippen LogP contribution >= 0.6 is 11.3 Å². The number of ether oxygens (including phenoxy) is 2. The number of nitrogens with one attached hydrogen (secondary N) is 1. The summed E-state index contributed by atoms with van der Waals surface area (Å²) in [5, 5.41) is 4.53. The van der Waals surface area contributed by atoms with Gasteiger partial charge in [0, 0.05) is 18.5 Å². The van der Waals surface area contributed by atoms with E-state index in [-0.39, 0.29) is 22.7 Å². The predicted octanol–water partition coefficient (Wildman–Crippen LogP) is 2.25. The van der Waals surface area contributed by atoms with Crippen molar-refractivity contribution < 1.29 is 19.1 Å². The molecule has 1 aromatic heterocycles. The van der Waals surface area contributed by atoms with E-state index in [1.54, 1.807) is 12.3 Å². The average Bonchev–Trinajstić information content (AvgIpc) is 2.92. The third-order valence-electron chi connectivity index (χ3n) is 2.49. The second-order valence-corrected chi connectivity index (χ2v) is 5.50. The van der Waals surface area contributed by atoms with Crippen LogP contribution in [0, 0.1) is 0 Å². The van der Waals surface area contributed by atoms with Gasteiger partial charge in [0.1, 0.15) is 5.69 Å². The van der Waals surface area contributed by atoms with Crippen LogP contribution < -0.4 is 5.32 Å². The van der Waals surface area contributed by atoms with Gasteiger partial charge in [-0.15, -0.1) is 11.3 Å². The summed E-state index contributed by atoms with van der Waals surface area (Å²) in [6.07, 6.45) is 1.97. The molecule has 0 unspecified atom stereocenters. The van der Waals surface area contributed by atoms with Crippen LogP contribution in [0.4, 0.5) is 0 Å². The fourth-order valence-electron chi connectivity index (χ4n) is 1.50. The number of carbonyl (C=O) groups excluding carboxylic acids is 2. The maximum Gasteiger partial charge on any atom is 0.367 e. The molecule has 0 atom stereocenters. The Hall–Kier alpha value is -1.47. The fraction of sp³-hybridized carbons (Fsp3) is 0.643. The molecule has 0 aromatic carbocycles. The van der Waals surface area contributed by atoms with Crippen molar-refractivity contribution in [2.75, 3.05) is 19.8 Å². The molecule has 0 aliphatic carbocycles. The second kappa shape index (κ2) is 9.46. The molecule has 1 N–H and O–H groups in total. The maximum atomic E-state index is 11.8. The molecular formula is C14H22N2O4S. The standard InChI is InChI=1S/C14H22N2O4S/c1-4-19-14(18)13-16-11(9-21-13)12(17)15-7-5-6-8-20-10(2)3/h9-10H,4-8H2,1-3H3,(H,15,17). The first kappa shape index (κ1) is 17.6. The first-order chi connectivity index (χ1) is 10.0. The molecule has 1 amide bonds. The number of unbranched alkanes of at least 4 members (excludes halogenated alkanes) is 1. The normalized spacial score (nSPS) is 10.7. The number of hydrogen-bond acceptors (Lipinski definition) is 6. The molecule has 0 fully saturated rings. The summed E-state index contributed by atoms with van der Waals surface area (Å²) in [4.78, 5) is 27.3. The quantitative estimate of drug-likeness (QED) is 0.559. The Kier molecular flexibility index (Phi) is 7.92. The minimum atomic E-state index is -0.493. The van der Waals surface area contributed by atoms with E-state index >= 15 is 0 Å². The lowest BCUT2D eigenvalue weighted by Gasteiger charge is -2.07. The van der Waals surface area contributed by atoms with Crippen LogP contribution in [0.5, 0.6) is 0 Å². The van der Waals surface area contributed by atoms with Gasteiger partial charge in [0.2, 0.25) is 5.01 Å². The van der Waals surface area contributed by atoms with Crippen LogP contribution in [0.1, 0.15) is 53.9 Å². The molecule has 0 aliphatic heterocycles. The lowest BCUT2D eigenvalue weighted by molar-refractivity contribution is 0.0526. The van der Waals surface area contributed by atoms with Gasteiger partial charge in [-0.25, -0.2) is 9.78 Å². The maximum absolute atomic E-state index is 11.8. The molecule has 0 aliphatic rings. The monoisotopic (exact) mass is 314 g/mol. The molecule has 0 spiro atoms. The zero-order valence-corrected chi connectivity index (χ0v) is 13.5. The number of aromatic nitrogens is 1. The number of thiazole rings is 1. The van der Waals surface area contributed by atoms with Crippen molar-refractivity contribution in [3.05, 3.63) is 16.1 Å². The number of esters is 1. The zero-order valence-electron chi connectivity index (χ0n) is 12.7. The lowest BCUT2D eigenvalue weighted by atomic mass is 10.3. The van der Waals surface area contributed by atoms with Crippen molar-refractivity contribution >= 4 is 23.2 Å². The van der Waals surface area contributed by atoms with E-state index < -0.39 is 5.97 Å². The van der Waals surface area contributed by atoms with E-state index in [9.17, 15) is 9.59 Å². The summed E-state index contributed by atoms with van der Waals surface area (Å²) in [5.41, 5.74) is 0.251. The van der Waals surface area contributed by atoms with Crippen LogP contribution in [-0.4, -0.2) is 42.7 Å². The summed E-state index contributed by atoms with van der Waals surface area (Å²) < 4.78 is 10.2. The van der Waals surface area contributed by atoms with Crippen LogP contribution in [-0.2, 0) is 9.47 Å². The summed E-state index contributed by atoms with van der Waals surface area (Å²) >= 11 is 1.11. The molecule has 7 heteroatoms. The van der Waals surface area contributed by atoms with Crippen LogP contribution in [0.25, 0.3) is 0 Å². The summed E-state index contributed by atoms with van der Waals surface area (Å²) in [6, 6.07) is 0. The molecule has 1 rings (SSSR count). The highest BCUT2D eigenvalue weighted by molar-refractivity contribution is 7.11. The number of nitrogens with zero attached hydrogens (tertiary/aromatic N) is 1. The fourth-order valence-corrected chi connectivity index (χ4v) is 2.19. The molecule has 0 saturated heterocycles. The van der Waals surface area contributed by atoms with Crippen LogP contribution in [0.3, 0.4) is 0 Å². The predicted molar refractivity (Wildman–Crippen MR) is 80.7 cm³/mol. The van der Waals surface area contributed by atoms with E-state index in [2.05, 4.69) is 10.3 Å². The SMILES string of the molecule is CCOC(=O)c1nc(C(=O)NCCCCOC(C)C)cs1. The highest BCUT2D eigenvalue weighted by Gasteiger charge is 2.15. The lowest BCUT2D eigenvalue weighted by Crippen LogP contribution is -2.25. The molecule has 1 heterocycles. The smallest absolute Gasteiger partial charge is 0.367 e. The van der Waals surface area contributed by atoms with Gasteiger partial charge in [-0.05, 0) is 33.6 Å². The van der Waals surface area contributed by atoms with Crippen molar-refractivity contribution in [1.82, 2.24) is 10.3 Å². The van der Waals surface area contributed by atoms with E-state index in [0.717, 1.165) is 24.2 Å². The van der Waals surface area contributed by atoms with Crippen molar-refractivity contribution in [3.8, 4) is 0 Å². The largest absolute Gasteiger partial charge is 0.461 e. The first-order valence-electron chi connectivity index (χ1n) is 7.07. The molecule has 21 heavy (non-hydrogen) atoms. The van der Waals surface area contributed by atoms with Gasteiger partial charge in [0.15, 0.2) is 0 Å². The van der Waals surface area contributed by atoms with Crippen LogP contribution in [0.15, 0.2) is 5.38 Å². The number of rotatable bonds is 9. The summed E-state index contributed by atoms with van der Waals surface area (Å²) in [5.74, 6) is -0.765. The Morgan fingerprint density at radius 2 is 2.14 bits per heavy atom. The van der Waals surface area contributed by atoms with Gasteiger partial charge < -0.3 is 14.8 Å². The van der Waals surface area contributed by atoms with E-state index in [4.69, 9.17) is 9.47 Å². The Morgan fingerprint density at radius 3 is 2.81 bits per heavy atom. The Labute approximate surface area is 128 Å². The van der Waals surface area contributed by atoms with Gasteiger partial charge >= 0.3 is 5.97 Å². The second-order valence-electron chi connectivity index (χ2n) is 4.64. The van der Waals surface area contributed by atoms with E-state index in [1.807, 2.05) is 13.8 Å². The Bertz CT molecular complexity index is 460. The Morgan fingerprint density at radius 1 is 1.38 bits per heavy atom.